The predicted molar refractivity (Wildman–Crippen MR) is 119 cm³/mol. The van der Waals surface area contributed by atoms with Crippen LogP contribution in [0.4, 0.5) is 0 Å². The van der Waals surface area contributed by atoms with Crippen molar-refractivity contribution in [1.29, 1.82) is 0 Å². The van der Waals surface area contributed by atoms with Crippen LogP contribution in [0.3, 0.4) is 0 Å². The van der Waals surface area contributed by atoms with E-state index in [1.54, 1.807) is 0 Å². The van der Waals surface area contributed by atoms with Gasteiger partial charge in [-0.05, 0) is 0 Å². The molecule has 0 spiro atoms. The summed E-state index contributed by atoms with van der Waals surface area (Å²) in [5.41, 5.74) is 0. The maximum atomic E-state index is 7.20. The van der Waals surface area contributed by atoms with Crippen LogP contribution in [0.25, 0.3) is 0 Å². The Labute approximate surface area is 167 Å². The van der Waals surface area contributed by atoms with Crippen LogP contribution >= 0.6 is 0 Å². The lowest BCUT2D eigenvalue weighted by atomic mass is 9.22. The first-order valence-electron chi connectivity index (χ1n) is 12.2. The molecule has 0 N–H and O–H groups in total. The van der Waals surface area contributed by atoms with Crippen molar-refractivity contribution in [3.63, 3.8) is 0 Å². The van der Waals surface area contributed by atoms with Crippen LogP contribution in [0.5, 0.6) is 0 Å². The van der Waals surface area contributed by atoms with E-state index in [9.17, 15) is 0 Å². The first-order valence-corrected chi connectivity index (χ1v) is 12.2. The third kappa shape index (κ3) is 6.10. The molecule has 0 heterocycles. The summed E-state index contributed by atoms with van der Waals surface area (Å²) in [5.74, 6) is 0.836. The maximum Gasteiger partial charge on any atom is 0.0743 e. The average molecular weight is 350 g/mol. The molecule has 0 nitrogen and oxygen atoms in total. The summed E-state index contributed by atoms with van der Waals surface area (Å²) in [6.45, 7) is 0. The molecule has 0 amide bonds. The molecule has 142 valence electrons. The fourth-order valence-electron chi connectivity index (χ4n) is 5.71. The molecule has 0 aromatic rings. The SMILES string of the molecule is [B]C1(C2([B][B]C3CCCCCCC3)CC2)CCCCCCCCCCC1. The Morgan fingerprint density at radius 2 is 0.962 bits per heavy atom. The monoisotopic (exact) mass is 350 g/mol. The van der Waals surface area contributed by atoms with Gasteiger partial charge in [-0.2, -0.15) is 0 Å². The number of rotatable bonds is 4. The van der Waals surface area contributed by atoms with Crippen LogP contribution in [0.1, 0.15) is 128 Å². The van der Waals surface area contributed by atoms with E-state index in [0.29, 0.717) is 5.31 Å². The minimum atomic E-state index is 0.0876. The fourth-order valence-corrected chi connectivity index (χ4v) is 5.71. The molecule has 0 aliphatic heterocycles. The van der Waals surface area contributed by atoms with E-state index in [-0.39, 0.29) is 5.31 Å². The Bertz CT molecular complexity index is 371. The Morgan fingerprint density at radius 3 is 1.42 bits per heavy atom. The van der Waals surface area contributed by atoms with Crippen LogP contribution < -0.4 is 0 Å². The van der Waals surface area contributed by atoms with Gasteiger partial charge in [-0.15, -0.1) is 0 Å². The van der Waals surface area contributed by atoms with Crippen LogP contribution in [0.2, 0.25) is 16.4 Å². The highest BCUT2D eigenvalue weighted by Crippen LogP contribution is 2.71. The van der Waals surface area contributed by atoms with Gasteiger partial charge in [0.25, 0.3) is 0 Å². The van der Waals surface area contributed by atoms with Gasteiger partial charge >= 0.3 is 0 Å². The second-order valence-corrected chi connectivity index (χ2v) is 9.96. The van der Waals surface area contributed by atoms with Gasteiger partial charge in [-0.1, -0.05) is 145 Å². The highest BCUT2D eigenvalue weighted by Gasteiger charge is 2.53. The summed E-state index contributed by atoms with van der Waals surface area (Å²) >= 11 is 0. The lowest BCUT2D eigenvalue weighted by molar-refractivity contribution is 0.386. The van der Waals surface area contributed by atoms with Crippen molar-refractivity contribution < 1.29 is 0 Å². The Balaban J connectivity index is 1.53. The summed E-state index contributed by atoms with van der Waals surface area (Å²) in [7, 11) is 12.5. The summed E-state index contributed by atoms with van der Waals surface area (Å²) in [6, 6.07) is 0. The van der Waals surface area contributed by atoms with Gasteiger partial charge in [0, 0.05) is 0 Å². The molecule has 3 aliphatic carbocycles. The molecule has 0 bridgehead atoms. The topological polar surface area (TPSA) is 0 Å². The summed E-state index contributed by atoms with van der Waals surface area (Å²) in [5, 5.41) is 0.448. The van der Waals surface area contributed by atoms with E-state index < -0.39 is 0 Å². The van der Waals surface area contributed by atoms with Crippen LogP contribution in [-0.4, -0.2) is 22.2 Å². The molecule has 3 aliphatic rings. The molecule has 3 heteroatoms. The number of hydrogen-bond donors (Lipinski definition) is 0. The molecule has 0 unspecified atom stereocenters. The van der Waals surface area contributed by atoms with E-state index in [4.69, 9.17) is 7.85 Å². The van der Waals surface area contributed by atoms with Gasteiger partial charge in [0.2, 0.25) is 0 Å². The number of hydrogen-bond acceptors (Lipinski definition) is 0. The van der Waals surface area contributed by atoms with Gasteiger partial charge in [0.15, 0.2) is 0 Å². The zero-order chi connectivity index (χ0) is 18.1. The highest BCUT2D eigenvalue weighted by atomic mass is 14.5. The first kappa shape index (κ1) is 20.9. The molecule has 3 rings (SSSR count). The normalized spacial score (nSPS) is 28.6. The lowest BCUT2D eigenvalue weighted by Crippen LogP contribution is -2.30. The summed E-state index contributed by atoms with van der Waals surface area (Å²) in [4.78, 5) is 0. The van der Waals surface area contributed by atoms with Crippen LogP contribution in [0, 0.1) is 0 Å². The molecule has 0 aromatic carbocycles. The molecule has 0 aromatic heterocycles. The Morgan fingerprint density at radius 1 is 0.538 bits per heavy atom. The zero-order valence-electron chi connectivity index (χ0n) is 17.5. The van der Waals surface area contributed by atoms with Crippen molar-refractivity contribution in [1.82, 2.24) is 0 Å². The first-order chi connectivity index (χ1) is 12.7. The molecule has 3 saturated carbocycles. The van der Waals surface area contributed by atoms with Crippen molar-refractivity contribution in [3.8, 4) is 0 Å². The van der Waals surface area contributed by atoms with Gasteiger partial charge in [0.1, 0.15) is 0 Å². The van der Waals surface area contributed by atoms with Crippen molar-refractivity contribution >= 4 is 22.2 Å². The van der Waals surface area contributed by atoms with Gasteiger partial charge < -0.3 is 0 Å². The zero-order valence-corrected chi connectivity index (χ0v) is 17.5. The quantitative estimate of drug-likeness (QED) is 0.463. The van der Waals surface area contributed by atoms with Crippen molar-refractivity contribution in [2.24, 2.45) is 0 Å². The highest BCUT2D eigenvalue weighted by molar-refractivity contribution is 7.03. The van der Waals surface area contributed by atoms with Crippen molar-refractivity contribution in [2.45, 2.75) is 145 Å². The second-order valence-electron chi connectivity index (χ2n) is 9.96. The van der Waals surface area contributed by atoms with Crippen molar-refractivity contribution in [2.75, 3.05) is 0 Å². The largest absolute Gasteiger partial charge is 0.0774 e. The molecular weight excluding hydrogens is 309 g/mol. The van der Waals surface area contributed by atoms with Crippen LogP contribution in [0.15, 0.2) is 0 Å². The van der Waals surface area contributed by atoms with E-state index in [1.807, 2.05) is 0 Å². The van der Waals surface area contributed by atoms with Crippen molar-refractivity contribution in [3.05, 3.63) is 0 Å². The lowest BCUT2D eigenvalue weighted by Gasteiger charge is -2.41. The van der Waals surface area contributed by atoms with Gasteiger partial charge in [-0.25, -0.2) is 0 Å². The molecule has 4 radical (unpaired) electrons. The summed E-state index contributed by atoms with van der Waals surface area (Å²) < 4.78 is 0. The molecule has 26 heavy (non-hydrogen) atoms. The predicted octanol–water partition coefficient (Wildman–Crippen LogP) is 7.43. The van der Waals surface area contributed by atoms with Gasteiger partial charge in [-0.3, -0.25) is 0 Å². The third-order valence-corrected chi connectivity index (χ3v) is 7.86. The molecular formula is C23H41B3. The molecule has 3 fully saturated rings. The van der Waals surface area contributed by atoms with E-state index >= 15 is 0 Å². The average Bonchev–Trinajstić information content (AvgIpc) is 3.39. The fraction of sp³-hybridized carbons (Fsp3) is 1.00. The molecule has 0 atom stereocenters. The standard InChI is InChI=1S/C23H41B3/c24-22(17-13-9-4-2-1-3-5-10-14-18-22)23(19-20-23)26-25-21-15-11-7-6-8-12-16-21/h21H,1-20H2. The minimum absolute atomic E-state index is 0.0876. The Kier molecular flexibility index (Phi) is 8.58. The molecule has 0 saturated heterocycles. The second kappa shape index (κ2) is 10.7. The van der Waals surface area contributed by atoms with E-state index in [1.165, 1.54) is 128 Å². The smallest absolute Gasteiger partial charge is 0.0743 e. The van der Waals surface area contributed by atoms with Crippen LogP contribution in [-0.2, 0) is 0 Å². The summed E-state index contributed by atoms with van der Waals surface area (Å²) in [6.07, 6.45) is 28.1. The third-order valence-electron chi connectivity index (χ3n) is 7.86. The Hall–Kier alpha value is 0.195. The van der Waals surface area contributed by atoms with E-state index in [0.717, 1.165) is 5.82 Å². The minimum Gasteiger partial charge on any atom is -0.0774 e. The van der Waals surface area contributed by atoms with E-state index in [2.05, 4.69) is 14.3 Å². The van der Waals surface area contributed by atoms with Gasteiger partial charge in [0.05, 0.1) is 22.2 Å². The maximum absolute atomic E-state index is 7.20.